The number of amides is 2. The number of rotatable bonds is 7. The van der Waals surface area contributed by atoms with Crippen molar-refractivity contribution in [2.75, 3.05) is 0 Å². The number of aryl methyl sites for hydroxylation is 1. The molecule has 2 aromatic carbocycles. The first-order valence-corrected chi connectivity index (χ1v) is 13.4. The molecule has 2 amide bonds. The van der Waals surface area contributed by atoms with Crippen molar-refractivity contribution in [1.82, 2.24) is 25.3 Å². The predicted octanol–water partition coefficient (Wildman–Crippen LogP) is 4.34. The summed E-state index contributed by atoms with van der Waals surface area (Å²) in [5.41, 5.74) is 8.98. The second-order valence-electron chi connectivity index (χ2n) is 10.6. The molecule has 44 heavy (non-hydrogen) atoms. The van der Waals surface area contributed by atoms with Crippen LogP contribution in [-0.2, 0) is 20.9 Å². The lowest BCUT2D eigenvalue weighted by molar-refractivity contribution is -0.176. The number of carboxylic acids is 1. The van der Waals surface area contributed by atoms with Crippen LogP contribution in [-0.4, -0.2) is 54.9 Å². The molecule has 0 bridgehead atoms. The van der Waals surface area contributed by atoms with Gasteiger partial charge in [-0.1, -0.05) is 48.3 Å². The van der Waals surface area contributed by atoms with Crippen LogP contribution >= 0.6 is 0 Å². The van der Waals surface area contributed by atoms with Crippen molar-refractivity contribution < 1.29 is 37.2 Å². The second kappa shape index (κ2) is 11.1. The third-order valence-corrected chi connectivity index (χ3v) is 7.33. The number of carboxylic acid groups (broad SMARTS) is 1. The van der Waals surface area contributed by atoms with Crippen LogP contribution in [0.2, 0.25) is 0 Å². The predicted molar refractivity (Wildman–Crippen MR) is 148 cm³/mol. The highest BCUT2D eigenvalue weighted by Crippen LogP contribution is 2.39. The largest absolute Gasteiger partial charge is 0.664 e. The fourth-order valence-corrected chi connectivity index (χ4v) is 4.50. The number of benzene rings is 2. The number of aromatic nitrogens is 3. The normalized spacial score (nSPS) is 15.8. The summed E-state index contributed by atoms with van der Waals surface area (Å²) in [5.74, 6) is -3.07. The first-order chi connectivity index (χ1) is 20.8. The fraction of sp³-hybridized carbons (Fsp3) is 0.310. The molecule has 4 N–H and O–H groups in total. The van der Waals surface area contributed by atoms with Crippen molar-refractivity contribution in [3.05, 3.63) is 71.3 Å². The van der Waals surface area contributed by atoms with Crippen molar-refractivity contribution >= 4 is 28.7 Å². The van der Waals surface area contributed by atoms with Crippen LogP contribution in [0.4, 0.5) is 13.2 Å². The molecule has 228 valence electrons. The number of carbonyl (C=O) groups excluding carboxylic acids is 2. The maximum atomic E-state index is 12.0. The molecule has 2 heterocycles. The minimum Gasteiger partial charge on any atom is -0.664 e. The third kappa shape index (κ3) is 5.97. The quantitative estimate of drug-likeness (QED) is 0.276. The summed E-state index contributed by atoms with van der Waals surface area (Å²) in [6.07, 6.45) is -3.69. The first-order valence-electron chi connectivity index (χ1n) is 13.4. The van der Waals surface area contributed by atoms with E-state index in [2.05, 4.69) is 21.5 Å². The Bertz CT molecular complexity index is 1800. The summed E-state index contributed by atoms with van der Waals surface area (Å²) in [7, 11) is 0. The van der Waals surface area contributed by atoms with E-state index in [0.29, 0.717) is 42.4 Å². The number of halogens is 3. The van der Waals surface area contributed by atoms with Crippen LogP contribution in [0.5, 0.6) is 0 Å². The van der Waals surface area contributed by atoms with E-state index in [0.717, 1.165) is 22.2 Å². The van der Waals surface area contributed by atoms with Crippen LogP contribution in [0.1, 0.15) is 42.7 Å². The summed E-state index contributed by atoms with van der Waals surface area (Å²) < 4.78 is 42.1. The number of para-hydroxylation sites is 1. The number of nitriles is 1. The highest BCUT2D eigenvalue weighted by atomic mass is 19.4. The molecular formula is C29H25F3N7O5-. The van der Waals surface area contributed by atoms with Gasteiger partial charge in [-0.3, -0.25) is 9.59 Å². The molecule has 0 atom stereocenters. The number of hydrogen-bond donors (Lipinski definition) is 3. The molecule has 2 aromatic heterocycles. The highest BCUT2D eigenvalue weighted by molar-refractivity contribution is 5.95. The second-order valence-corrected chi connectivity index (χ2v) is 10.6. The number of alkyl halides is 3. The van der Waals surface area contributed by atoms with Crippen molar-refractivity contribution in [3.63, 3.8) is 0 Å². The maximum Gasteiger partial charge on any atom is 0.471 e. The summed E-state index contributed by atoms with van der Waals surface area (Å²) in [4.78, 5) is 37.1. The molecule has 0 unspecified atom stereocenters. The number of nitrogens with one attached hydrogen (secondary N) is 3. The zero-order valence-electron chi connectivity index (χ0n) is 23.2. The number of fused-ring (bicyclic) bond motifs is 1. The van der Waals surface area contributed by atoms with Crippen LogP contribution in [0.25, 0.3) is 33.8 Å². The number of carbonyl (C=O) groups is 3. The Morgan fingerprint density at radius 3 is 2.30 bits per heavy atom. The van der Waals surface area contributed by atoms with Crippen molar-refractivity contribution in [2.24, 2.45) is 0 Å². The Kier molecular flexibility index (Phi) is 7.64. The van der Waals surface area contributed by atoms with Gasteiger partial charge in [0, 0.05) is 24.5 Å². The van der Waals surface area contributed by atoms with Gasteiger partial charge in [0.25, 0.3) is 0 Å². The lowest BCUT2D eigenvalue weighted by Gasteiger charge is -2.17. The van der Waals surface area contributed by atoms with Crippen LogP contribution in [0.15, 0.2) is 53.1 Å². The van der Waals surface area contributed by atoms with Crippen molar-refractivity contribution in [3.8, 4) is 23.3 Å². The van der Waals surface area contributed by atoms with E-state index < -0.39 is 29.1 Å². The Hall–Kier alpha value is -5.23. The molecule has 15 heteroatoms. The molecule has 12 nitrogen and oxygen atoms in total. The molecule has 4 aromatic rings. The van der Waals surface area contributed by atoms with Gasteiger partial charge in [-0.2, -0.15) is 23.4 Å². The zero-order chi connectivity index (χ0) is 31.9. The molecule has 2 fully saturated rings. The zero-order valence-corrected chi connectivity index (χ0v) is 23.2. The van der Waals surface area contributed by atoms with E-state index in [9.17, 15) is 32.8 Å². The highest BCUT2D eigenvalue weighted by Gasteiger charge is 2.55. The van der Waals surface area contributed by atoms with Gasteiger partial charge < -0.3 is 30.6 Å². The molecular weight excluding hydrogens is 583 g/mol. The number of aliphatic carboxylic acids is 1. The smallest absolute Gasteiger partial charge is 0.471 e. The lowest BCUT2D eigenvalue weighted by Crippen LogP contribution is -2.48. The van der Waals surface area contributed by atoms with Gasteiger partial charge >= 0.3 is 18.1 Å². The van der Waals surface area contributed by atoms with Crippen LogP contribution in [0.3, 0.4) is 0 Å². The molecule has 0 saturated heterocycles. The Morgan fingerprint density at radius 1 is 1.11 bits per heavy atom. The van der Waals surface area contributed by atoms with E-state index in [1.54, 1.807) is 6.92 Å². The molecule has 2 aliphatic carbocycles. The van der Waals surface area contributed by atoms with E-state index in [1.807, 2.05) is 53.1 Å². The minimum atomic E-state index is -5.02. The topological polar surface area (TPSA) is 187 Å². The molecule has 0 radical (unpaired) electrons. The molecule has 0 spiro atoms. The Morgan fingerprint density at radius 2 is 1.77 bits per heavy atom. The number of hydrogen-bond acceptors (Lipinski definition) is 7. The van der Waals surface area contributed by atoms with Gasteiger partial charge in [0.1, 0.15) is 17.3 Å². The monoisotopic (exact) mass is 608 g/mol. The summed E-state index contributed by atoms with van der Waals surface area (Å²) >= 11 is 0. The van der Waals surface area contributed by atoms with Gasteiger partial charge in [0.2, 0.25) is 17.6 Å². The van der Waals surface area contributed by atoms with Crippen molar-refractivity contribution in [2.45, 2.75) is 56.4 Å². The number of nitrogens with zero attached hydrogens (tertiary/aromatic N) is 4. The minimum absolute atomic E-state index is 0.0458. The summed E-state index contributed by atoms with van der Waals surface area (Å²) in [6, 6.07) is 17.7. The van der Waals surface area contributed by atoms with E-state index >= 15 is 0 Å². The third-order valence-electron chi connectivity index (χ3n) is 7.33. The lowest BCUT2D eigenvalue weighted by atomic mass is 10.1. The van der Waals surface area contributed by atoms with Crippen LogP contribution < -0.4 is 10.6 Å². The summed E-state index contributed by atoms with van der Waals surface area (Å²) in [6.45, 7) is 2.08. The van der Waals surface area contributed by atoms with E-state index in [4.69, 9.17) is 15.4 Å². The van der Waals surface area contributed by atoms with Crippen molar-refractivity contribution in [1.29, 1.82) is 5.26 Å². The molecule has 6 rings (SSSR count). The average molecular weight is 609 g/mol. The standard InChI is InChI=1S/C23H19N6O2.C6H6F3NO3/c1-14-27-21(28-31-14)20-18(12-24)17-4-2-3-5-19(17)29(20)16-8-6-15(7-9-16)13-26-22(30)23(25)10-11-23;7-6(8,9)3(11)10-5(1-2-5)4(12)13/h2-9,25H,10-11,13H2,1H3,(H,26,30);1-2H2,(H,10,11)(H,12,13)/q-1;. The first kappa shape index (κ1) is 30.2. The molecule has 2 aliphatic rings. The molecule has 0 aliphatic heterocycles. The Balaban J connectivity index is 0.000000249. The average Bonchev–Trinajstić information content (AvgIpc) is 3.87. The van der Waals surface area contributed by atoms with Gasteiger partial charge in [-0.05, 0) is 42.1 Å². The van der Waals surface area contributed by atoms with Crippen LogP contribution in [0, 0.1) is 18.3 Å². The maximum absolute atomic E-state index is 12.0. The summed E-state index contributed by atoms with van der Waals surface area (Å²) in [5, 5.41) is 27.4. The van der Waals surface area contributed by atoms with Gasteiger partial charge in [0.15, 0.2) is 0 Å². The van der Waals surface area contributed by atoms with Gasteiger partial charge in [-0.15, -0.1) is 0 Å². The van der Waals surface area contributed by atoms with Gasteiger partial charge in [0.05, 0.1) is 11.1 Å². The Labute approximate surface area is 247 Å². The van der Waals surface area contributed by atoms with Gasteiger partial charge in [-0.25, -0.2) is 4.79 Å². The molecule has 2 saturated carbocycles. The fourth-order valence-electron chi connectivity index (χ4n) is 4.50. The SMILES string of the molecule is Cc1nc(-c2c(C#N)c3ccccc3n2-c2ccc(CNC(=O)C3([NH-])CC3)cc2)no1.O=C(NC1(C(=O)O)CC1)C(F)(F)F. The van der Waals surface area contributed by atoms with E-state index in [-0.39, 0.29) is 18.7 Å². The van der Waals surface area contributed by atoms with E-state index in [1.165, 1.54) is 5.32 Å².